The molecule has 0 radical (unpaired) electrons. The number of carbonyl (C=O) groups excluding carboxylic acids is 1. The summed E-state index contributed by atoms with van der Waals surface area (Å²) in [5.41, 5.74) is 1.74. The minimum Gasteiger partial charge on any atom is -0.462 e. The van der Waals surface area contributed by atoms with Gasteiger partial charge in [0.1, 0.15) is 6.54 Å². The Morgan fingerprint density at radius 1 is 0.842 bits per heavy atom. The molecule has 0 aliphatic carbocycles. The van der Waals surface area contributed by atoms with E-state index < -0.39 is 7.52 Å². The predicted molar refractivity (Wildman–Crippen MR) is 158 cm³/mol. The third kappa shape index (κ3) is 13.2. The van der Waals surface area contributed by atoms with Crippen LogP contribution in [0.2, 0.25) is 0 Å². The highest BCUT2D eigenvalue weighted by atomic mass is 31.2. The molecular weight excluding hydrogens is 495 g/mol. The molecule has 0 heterocycles. The van der Waals surface area contributed by atoms with E-state index in [1.807, 2.05) is 24.3 Å². The zero-order chi connectivity index (χ0) is 27.7. The molecule has 212 valence electrons. The van der Waals surface area contributed by atoms with Crippen LogP contribution < -0.4 is 10.4 Å². The fourth-order valence-electron chi connectivity index (χ4n) is 4.62. The Morgan fingerprint density at radius 2 is 1.42 bits per heavy atom. The molecule has 2 aromatic carbocycles. The van der Waals surface area contributed by atoms with E-state index in [-0.39, 0.29) is 19.1 Å². The van der Waals surface area contributed by atoms with E-state index in [1.165, 1.54) is 69.8 Å². The zero-order valence-electron chi connectivity index (χ0n) is 23.9. The highest BCUT2D eigenvalue weighted by Gasteiger charge is 2.20. The van der Waals surface area contributed by atoms with Crippen molar-refractivity contribution in [1.82, 2.24) is 5.09 Å². The van der Waals surface area contributed by atoms with Crippen molar-refractivity contribution in [2.24, 2.45) is 0 Å². The Bertz CT molecular complexity index is 964. The Morgan fingerprint density at radius 3 is 2.03 bits per heavy atom. The second-order valence-corrected chi connectivity index (χ2v) is 13.0. The monoisotopic (exact) mass is 545 g/mol. The molecule has 2 N–H and O–H groups in total. The number of esters is 1. The van der Waals surface area contributed by atoms with E-state index in [1.54, 1.807) is 30.3 Å². The van der Waals surface area contributed by atoms with Gasteiger partial charge in [0.25, 0.3) is 7.52 Å². The molecule has 0 amide bonds. The lowest BCUT2D eigenvalue weighted by Crippen LogP contribution is -2.39. The molecule has 6 nitrogen and oxygen atoms in total. The summed E-state index contributed by atoms with van der Waals surface area (Å²) in [6.45, 7) is 4.81. The maximum Gasteiger partial charge on any atom is 0.338 e. The van der Waals surface area contributed by atoms with Crippen LogP contribution in [-0.4, -0.2) is 49.1 Å². The van der Waals surface area contributed by atoms with Crippen molar-refractivity contribution >= 4 is 18.8 Å². The average Bonchev–Trinajstić information content (AvgIpc) is 2.90. The maximum atomic E-state index is 12.4. The number of hydrogen-bond donors (Lipinski definition) is 2. The molecule has 0 aliphatic heterocycles. The molecule has 0 bridgehead atoms. The number of nitrogens with one attached hydrogen (secondary N) is 1. The van der Waals surface area contributed by atoms with Crippen LogP contribution in [0.15, 0.2) is 54.6 Å². The molecule has 2 rings (SSSR count). The fourth-order valence-corrected chi connectivity index (χ4v) is 5.84. The predicted octanol–water partition coefficient (Wildman–Crippen LogP) is 6.83. The van der Waals surface area contributed by atoms with Gasteiger partial charge < -0.3 is 14.1 Å². The van der Waals surface area contributed by atoms with Crippen molar-refractivity contribution in [1.29, 1.82) is 0 Å². The van der Waals surface area contributed by atoms with Crippen LogP contribution in [-0.2, 0) is 15.8 Å². The first kappa shape index (κ1) is 32.2. The van der Waals surface area contributed by atoms with Gasteiger partial charge in [-0.05, 0) is 43.5 Å². The van der Waals surface area contributed by atoms with Gasteiger partial charge in [-0.2, -0.15) is 0 Å². The van der Waals surface area contributed by atoms with Crippen LogP contribution in [0, 0.1) is 0 Å². The lowest BCUT2D eigenvalue weighted by Gasteiger charge is -2.30. The molecule has 1 atom stereocenters. The first-order valence-corrected chi connectivity index (χ1v) is 16.1. The average molecular weight is 546 g/mol. The molecule has 2 aromatic rings. The van der Waals surface area contributed by atoms with E-state index in [0.29, 0.717) is 17.3 Å². The SMILES string of the molecule is CCCCCCCCCCCC[N+](C)(C)Cc1ccc(C(=O)OCCCNP(=O)(O)c2ccccc2)cc1. The van der Waals surface area contributed by atoms with E-state index in [2.05, 4.69) is 26.1 Å². The number of rotatable bonds is 20. The van der Waals surface area contributed by atoms with Gasteiger partial charge in [-0.3, -0.25) is 4.57 Å². The molecule has 0 aliphatic rings. The maximum absolute atomic E-state index is 12.4. The number of carbonyl (C=O) groups is 1. The number of unbranched alkanes of at least 4 members (excludes halogenated alkanes) is 9. The summed E-state index contributed by atoms with van der Waals surface area (Å²) < 4.78 is 18.6. The minimum absolute atomic E-state index is 0.186. The molecule has 0 fully saturated rings. The normalized spacial score (nSPS) is 13.3. The highest BCUT2D eigenvalue weighted by Crippen LogP contribution is 2.33. The summed E-state index contributed by atoms with van der Waals surface area (Å²) in [4.78, 5) is 22.5. The second-order valence-electron chi connectivity index (χ2n) is 11.0. The minimum atomic E-state index is -3.60. The standard InChI is InChI=1S/C31H49N2O4P/c1-4-5-6-7-8-9-10-11-12-16-25-33(2,3)27-28-20-22-29(23-21-28)31(34)37-26-17-24-32-38(35,36)30-18-14-13-15-19-30/h13-15,18-23H,4-12,16-17,24-27H2,1-3H3,(H-,32,35,36)/p+1. The summed E-state index contributed by atoms with van der Waals surface area (Å²) in [6, 6.07) is 16.2. The van der Waals surface area contributed by atoms with E-state index in [9.17, 15) is 14.3 Å². The largest absolute Gasteiger partial charge is 0.462 e. The Labute approximate surface area is 230 Å². The lowest BCUT2D eigenvalue weighted by atomic mass is 10.1. The summed E-state index contributed by atoms with van der Waals surface area (Å²) >= 11 is 0. The van der Waals surface area contributed by atoms with Gasteiger partial charge in [0, 0.05) is 12.1 Å². The van der Waals surface area contributed by atoms with Gasteiger partial charge in [-0.1, -0.05) is 88.6 Å². The van der Waals surface area contributed by atoms with Crippen LogP contribution in [0.25, 0.3) is 0 Å². The Hall–Kier alpha value is -1.98. The molecule has 0 saturated heterocycles. The second kappa shape index (κ2) is 17.6. The smallest absolute Gasteiger partial charge is 0.338 e. The fraction of sp³-hybridized carbons (Fsp3) is 0.581. The number of ether oxygens (including phenoxy) is 1. The van der Waals surface area contributed by atoms with Crippen molar-refractivity contribution < 1.29 is 23.5 Å². The molecule has 0 saturated carbocycles. The number of nitrogens with zero attached hydrogens (tertiary/aromatic N) is 1. The van der Waals surface area contributed by atoms with Gasteiger partial charge in [-0.15, -0.1) is 0 Å². The zero-order valence-corrected chi connectivity index (χ0v) is 24.8. The summed E-state index contributed by atoms with van der Waals surface area (Å²) in [7, 11) is 0.941. The van der Waals surface area contributed by atoms with E-state index in [0.717, 1.165) is 17.6 Å². The van der Waals surface area contributed by atoms with Crippen LogP contribution in [0.4, 0.5) is 0 Å². The third-order valence-electron chi connectivity index (χ3n) is 6.90. The van der Waals surface area contributed by atoms with Crippen LogP contribution >= 0.6 is 7.52 Å². The summed E-state index contributed by atoms with van der Waals surface area (Å²) in [5.74, 6) is -0.370. The Kier molecular flexibility index (Phi) is 14.9. The first-order chi connectivity index (χ1) is 18.2. The van der Waals surface area contributed by atoms with Gasteiger partial charge in [0.05, 0.1) is 38.1 Å². The molecule has 38 heavy (non-hydrogen) atoms. The van der Waals surface area contributed by atoms with E-state index in [4.69, 9.17) is 4.74 Å². The van der Waals surface area contributed by atoms with Crippen molar-refractivity contribution in [3.8, 4) is 0 Å². The quantitative estimate of drug-likeness (QED) is 0.0825. The summed E-state index contributed by atoms with van der Waals surface area (Å²) in [5, 5.41) is 3.03. The molecule has 0 aromatic heterocycles. The van der Waals surface area contributed by atoms with Gasteiger partial charge in [0.2, 0.25) is 0 Å². The highest BCUT2D eigenvalue weighted by molar-refractivity contribution is 7.64. The van der Waals surface area contributed by atoms with Crippen molar-refractivity contribution in [3.63, 3.8) is 0 Å². The van der Waals surface area contributed by atoms with Gasteiger partial charge in [0.15, 0.2) is 0 Å². The lowest BCUT2D eigenvalue weighted by molar-refractivity contribution is -0.903. The Balaban J connectivity index is 1.61. The number of hydrogen-bond acceptors (Lipinski definition) is 3. The third-order valence-corrected chi connectivity index (χ3v) is 8.55. The van der Waals surface area contributed by atoms with E-state index >= 15 is 0 Å². The van der Waals surface area contributed by atoms with Crippen molar-refractivity contribution in [2.45, 2.75) is 84.1 Å². The van der Waals surface area contributed by atoms with Crippen LogP contribution in [0.1, 0.15) is 93.5 Å². The van der Waals surface area contributed by atoms with Crippen LogP contribution in [0.3, 0.4) is 0 Å². The summed E-state index contributed by atoms with van der Waals surface area (Å²) in [6.07, 6.45) is 14.0. The van der Waals surface area contributed by atoms with Crippen LogP contribution in [0.5, 0.6) is 0 Å². The molecule has 0 spiro atoms. The number of quaternary nitrogens is 1. The molecule has 1 unspecified atom stereocenters. The molecular formula is C31H50N2O4P+. The van der Waals surface area contributed by atoms with Gasteiger partial charge in [-0.25, -0.2) is 9.88 Å². The van der Waals surface area contributed by atoms with Gasteiger partial charge >= 0.3 is 5.97 Å². The van der Waals surface area contributed by atoms with Crippen molar-refractivity contribution in [3.05, 3.63) is 65.7 Å². The number of benzene rings is 2. The van der Waals surface area contributed by atoms with Crippen molar-refractivity contribution in [2.75, 3.05) is 33.8 Å². The first-order valence-electron chi connectivity index (χ1n) is 14.4. The molecule has 7 heteroatoms. The topological polar surface area (TPSA) is 75.6 Å².